The highest BCUT2D eigenvalue weighted by Crippen LogP contribution is 2.23. The van der Waals surface area contributed by atoms with Crippen LogP contribution in [0.1, 0.15) is 24.5 Å². The maximum atomic E-state index is 12.4. The van der Waals surface area contributed by atoms with E-state index in [1.54, 1.807) is 0 Å². The number of furan rings is 1. The van der Waals surface area contributed by atoms with Gasteiger partial charge in [-0.15, -0.1) is 0 Å². The summed E-state index contributed by atoms with van der Waals surface area (Å²) in [6.07, 6.45) is 0. The van der Waals surface area contributed by atoms with E-state index in [9.17, 15) is 4.79 Å². The third-order valence-electron chi connectivity index (χ3n) is 4.69. The van der Waals surface area contributed by atoms with Gasteiger partial charge in [-0.2, -0.15) is 0 Å². The van der Waals surface area contributed by atoms with Gasteiger partial charge in [0.1, 0.15) is 23.9 Å². The Morgan fingerprint density at radius 1 is 1.22 bits per heavy atom. The second-order valence-corrected chi connectivity index (χ2v) is 7.13. The van der Waals surface area contributed by atoms with Crippen molar-refractivity contribution in [3.8, 4) is 5.75 Å². The van der Waals surface area contributed by atoms with Crippen molar-refractivity contribution < 1.29 is 13.9 Å². The SMILES string of the molecule is Cc1ccc(C(C)NC(=O)N2CCN(CCOc3ccccc3Cl)CC2)o1. The van der Waals surface area contributed by atoms with Gasteiger partial charge in [0.15, 0.2) is 0 Å². The number of rotatable bonds is 6. The fourth-order valence-corrected chi connectivity index (χ4v) is 3.25. The lowest BCUT2D eigenvalue weighted by Gasteiger charge is -2.35. The number of nitrogens with one attached hydrogen (secondary N) is 1. The van der Waals surface area contributed by atoms with Crippen LogP contribution in [-0.4, -0.2) is 55.2 Å². The molecule has 0 saturated carbocycles. The maximum Gasteiger partial charge on any atom is 0.318 e. The Labute approximate surface area is 165 Å². The summed E-state index contributed by atoms with van der Waals surface area (Å²) >= 11 is 6.09. The first kappa shape index (κ1) is 19.6. The van der Waals surface area contributed by atoms with E-state index >= 15 is 0 Å². The molecule has 1 aliphatic rings. The van der Waals surface area contributed by atoms with Gasteiger partial charge in [-0.3, -0.25) is 4.90 Å². The van der Waals surface area contributed by atoms with Crippen LogP contribution in [0.15, 0.2) is 40.8 Å². The van der Waals surface area contributed by atoms with Crippen molar-refractivity contribution in [1.29, 1.82) is 0 Å². The molecular weight excluding hydrogens is 366 g/mol. The summed E-state index contributed by atoms with van der Waals surface area (Å²) in [4.78, 5) is 16.6. The van der Waals surface area contributed by atoms with Crippen LogP contribution < -0.4 is 10.1 Å². The average Bonchev–Trinajstić information content (AvgIpc) is 3.10. The normalized spacial score (nSPS) is 16.2. The number of carbonyl (C=O) groups excluding carboxylic acids is 1. The number of aryl methyl sites for hydroxylation is 1. The first-order valence-electron chi connectivity index (χ1n) is 9.24. The van der Waals surface area contributed by atoms with Crippen molar-refractivity contribution >= 4 is 17.6 Å². The summed E-state index contributed by atoms with van der Waals surface area (Å²) in [5.41, 5.74) is 0. The number of carbonyl (C=O) groups is 1. The number of piperazine rings is 1. The number of nitrogens with zero attached hydrogens (tertiary/aromatic N) is 2. The van der Waals surface area contributed by atoms with E-state index in [1.165, 1.54) is 0 Å². The molecular formula is C20H26ClN3O3. The Kier molecular flexibility index (Phi) is 6.63. The van der Waals surface area contributed by atoms with Gasteiger partial charge in [0.05, 0.1) is 11.1 Å². The molecule has 27 heavy (non-hydrogen) atoms. The van der Waals surface area contributed by atoms with Crippen LogP contribution in [0.5, 0.6) is 5.75 Å². The Balaban J connectivity index is 1.38. The Morgan fingerprint density at radius 3 is 2.63 bits per heavy atom. The van der Waals surface area contributed by atoms with Crippen LogP contribution in [0.3, 0.4) is 0 Å². The number of hydrogen-bond acceptors (Lipinski definition) is 4. The maximum absolute atomic E-state index is 12.4. The molecule has 1 atom stereocenters. The van der Waals surface area contributed by atoms with Crippen LogP contribution in [0.25, 0.3) is 0 Å². The molecule has 2 heterocycles. The highest BCUT2D eigenvalue weighted by Gasteiger charge is 2.23. The summed E-state index contributed by atoms with van der Waals surface area (Å²) in [7, 11) is 0. The quantitative estimate of drug-likeness (QED) is 0.815. The van der Waals surface area contributed by atoms with E-state index in [0.29, 0.717) is 30.5 Å². The monoisotopic (exact) mass is 391 g/mol. The number of urea groups is 1. The van der Waals surface area contributed by atoms with Gasteiger partial charge in [-0.05, 0) is 38.1 Å². The summed E-state index contributed by atoms with van der Waals surface area (Å²) < 4.78 is 11.3. The average molecular weight is 392 g/mol. The molecule has 6 nitrogen and oxygen atoms in total. The molecule has 3 rings (SSSR count). The van der Waals surface area contributed by atoms with E-state index < -0.39 is 0 Å². The molecule has 1 aromatic carbocycles. The van der Waals surface area contributed by atoms with Crippen molar-refractivity contribution in [2.75, 3.05) is 39.3 Å². The topological polar surface area (TPSA) is 58.0 Å². The molecule has 2 amide bonds. The smallest absolute Gasteiger partial charge is 0.318 e. The van der Waals surface area contributed by atoms with E-state index in [4.69, 9.17) is 20.8 Å². The fraction of sp³-hybridized carbons (Fsp3) is 0.450. The minimum atomic E-state index is -0.145. The summed E-state index contributed by atoms with van der Waals surface area (Å²) in [6, 6.07) is 11.1. The molecule has 1 saturated heterocycles. The molecule has 2 aromatic rings. The number of ether oxygens (including phenoxy) is 1. The lowest BCUT2D eigenvalue weighted by Crippen LogP contribution is -2.52. The zero-order valence-electron chi connectivity index (χ0n) is 15.8. The lowest BCUT2D eigenvalue weighted by atomic mass is 10.2. The highest BCUT2D eigenvalue weighted by atomic mass is 35.5. The number of amides is 2. The molecule has 7 heteroatoms. The predicted molar refractivity (Wildman–Crippen MR) is 105 cm³/mol. The van der Waals surface area contributed by atoms with Crippen molar-refractivity contribution in [2.24, 2.45) is 0 Å². The third kappa shape index (κ3) is 5.40. The third-order valence-corrected chi connectivity index (χ3v) is 5.00. The predicted octanol–water partition coefficient (Wildman–Crippen LogP) is 3.71. The standard InChI is InChI=1S/C20H26ClN3O3/c1-15-7-8-18(27-15)16(2)22-20(25)24-11-9-23(10-12-24)13-14-26-19-6-4-3-5-17(19)21/h3-8,16H,9-14H2,1-2H3,(H,22,25). The minimum Gasteiger partial charge on any atom is -0.491 e. The van der Waals surface area contributed by atoms with Gasteiger partial charge in [-0.1, -0.05) is 23.7 Å². The first-order valence-corrected chi connectivity index (χ1v) is 9.62. The summed E-state index contributed by atoms with van der Waals surface area (Å²) in [5.74, 6) is 2.33. The molecule has 0 bridgehead atoms. The molecule has 1 N–H and O–H groups in total. The molecule has 0 spiro atoms. The van der Waals surface area contributed by atoms with Crippen LogP contribution in [0, 0.1) is 6.92 Å². The van der Waals surface area contributed by atoms with Crippen LogP contribution >= 0.6 is 11.6 Å². The molecule has 146 valence electrons. The van der Waals surface area contributed by atoms with E-state index in [0.717, 1.165) is 31.2 Å². The van der Waals surface area contributed by atoms with E-state index in [-0.39, 0.29) is 12.1 Å². The summed E-state index contributed by atoms with van der Waals surface area (Å²) in [5, 5.41) is 3.63. The highest BCUT2D eigenvalue weighted by molar-refractivity contribution is 6.32. The number of benzene rings is 1. The number of hydrogen-bond donors (Lipinski definition) is 1. The molecule has 1 unspecified atom stereocenters. The second kappa shape index (κ2) is 9.15. The number of para-hydroxylation sites is 1. The van der Waals surface area contributed by atoms with Crippen molar-refractivity contribution in [3.05, 3.63) is 52.9 Å². The number of halogens is 1. The Morgan fingerprint density at radius 2 is 1.96 bits per heavy atom. The molecule has 1 fully saturated rings. The van der Waals surface area contributed by atoms with Gasteiger partial charge in [0.2, 0.25) is 0 Å². The van der Waals surface area contributed by atoms with Crippen molar-refractivity contribution in [3.63, 3.8) is 0 Å². The Hall–Kier alpha value is -2.18. The zero-order valence-corrected chi connectivity index (χ0v) is 16.5. The van der Waals surface area contributed by atoms with Crippen molar-refractivity contribution in [2.45, 2.75) is 19.9 Å². The van der Waals surface area contributed by atoms with E-state index in [1.807, 2.05) is 55.1 Å². The van der Waals surface area contributed by atoms with Gasteiger partial charge in [0.25, 0.3) is 0 Å². The van der Waals surface area contributed by atoms with Gasteiger partial charge >= 0.3 is 6.03 Å². The van der Waals surface area contributed by atoms with Crippen LogP contribution in [0.4, 0.5) is 4.79 Å². The first-order chi connectivity index (χ1) is 13.0. The van der Waals surface area contributed by atoms with Crippen LogP contribution in [-0.2, 0) is 0 Å². The van der Waals surface area contributed by atoms with Crippen LogP contribution in [0.2, 0.25) is 5.02 Å². The summed E-state index contributed by atoms with van der Waals surface area (Å²) in [6.45, 7) is 8.25. The van der Waals surface area contributed by atoms with Gasteiger partial charge < -0.3 is 19.4 Å². The van der Waals surface area contributed by atoms with E-state index in [2.05, 4.69) is 10.2 Å². The second-order valence-electron chi connectivity index (χ2n) is 6.73. The zero-order chi connectivity index (χ0) is 19.2. The molecule has 1 aromatic heterocycles. The van der Waals surface area contributed by atoms with Gasteiger partial charge in [-0.25, -0.2) is 4.79 Å². The molecule has 1 aliphatic heterocycles. The Bertz CT molecular complexity index is 756. The lowest BCUT2D eigenvalue weighted by molar-refractivity contribution is 0.124. The minimum absolute atomic E-state index is 0.0523. The largest absolute Gasteiger partial charge is 0.491 e. The van der Waals surface area contributed by atoms with Crippen molar-refractivity contribution in [1.82, 2.24) is 15.1 Å². The molecule has 0 radical (unpaired) electrons. The molecule has 0 aliphatic carbocycles. The van der Waals surface area contributed by atoms with Gasteiger partial charge in [0, 0.05) is 32.7 Å². The fourth-order valence-electron chi connectivity index (χ4n) is 3.05.